The van der Waals surface area contributed by atoms with Gasteiger partial charge in [0.1, 0.15) is 5.56 Å². The van der Waals surface area contributed by atoms with E-state index in [0.29, 0.717) is 22.9 Å². The molecule has 0 saturated carbocycles. The normalized spacial score (nSPS) is 10.6. The number of carbonyl (C=O) groups excluding carboxylic acids is 1. The van der Waals surface area contributed by atoms with E-state index >= 15 is 0 Å². The van der Waals surface area contributed by atoms with Crippen LogP contribution in [0.2, 0.25) is 0 Å². The van der Waals surface area contributed by atoms with Crippen LogP contribution in [0.1, 0.15) is 16.2 Å². The lowest BCUT2D eigenvalue weighted by Crippen LogP contribution is -2.23. The number of aryl methyl sites for hydroxylation is 1. The monoisotopic (exact) mass is 372 g/mol. The second-order valence-corrected chi connectivity index (χ2v) is 6.12. The van der Waals surface area contributed by atoms with Gasteiger partial charge in [0.05, 0.1) is 5.69 Å². The van der Waals surface area contributed by atoms with Crippen LogP contribution < -0.4 is 10.9 Å². The maximum atomic E-state index is 12.6. The number of H-pyrrole nitrogens is 1. The first-order valence-corrected chi connectivity index (χ1v) is 8.57. The van der Waals surface area contributed by atoms with Gasteiger partial charge in [-0.2, -0.15) is 4.68 Å². The predicted octanol–water partition coefficient (Wildman–Crippen LogP) is 2.58. The number of anilines is 1. The van der Waals surface area contributed by atoms with Gasteiger partial charge in [-0.25, -0.2) is 0 Å². The number of carbonyl (C=O) groups is 1. The quantitative estimate of drug-likeness (QED) is 0.573. The number of aromatic nitrogens is 5. The van der Waals surface area contributed by atoms with Crippen molar-refractivity contribution in [1.29, 1.82) is 0 Å². The molecule has 4 rings (SSSR count). The molecule has 0 atom stereocenters. The van der Waals surface area contributed by atoms with E-state index in [2.05, 4.69) is 25.8 Å². The van der Waals surface area contributed by atoms with Crippen LogP contribution >= 0.6 is 0 Å². The average molecular weight is 372 g/mol. The van der Waals surface area contributed by atoms with E-state index in [4.69, 9.17) is 0 Å². The van der Waals surface area contributed by atoms with E-state index in [1.807, 2.05) is 36.4 Å². The molecule has 2 aromatic carbocycles. The Balaban J connectivity index is 1.58. The smallest absolute Gasteiger partial charge is 0.261 e. The summed E-state index contributed by atoms with van der Waals surface area (Å²) >= 11 is 0. The number of pyridine rings is 1. The lowest BCUT2D eigenvalue weighted by Gasteiger charge is -2.08. The van der Waals surface area contributed by atoms with Crippen molar-refractivity contribution in [3.05, 3.63) is 88.5 Å². The average Bonchev–Trinajstić information content (AvgIpc) is 3.14. The topological polar surface area (TPSA) is 106 Å². The van der Waals surface area contributed by atoms with Gasteiger partial charge in [0.25, 0.3) is 11.5 Å². The zero-order valence-corrected chi connectivity index (χ0v) is 15.0. The highest BCUT2D eigenvalue weighted by atomic mass is 16.2. The van der Waals surface area contributed by atoms with Crippen molar-refractivity contribution in [2.24, 2.45) is 0 Å². The van der Waals surface area contributed by atoms with E-state index in [-0.39, 0.29) is 5.56 Å². The highest BCUT2D eigenvalue weighted by Gasteiger charge is 2.13. The van der Waals surface area contributed by atoms with Crippen molar-refractivity contribution in [2.75, 3.05) is 5.32 Å². The summed E-state index contributed by atoms with van der Waals surface area (Å²) in [5.74, 6) is 0.128. The van der Waals surface area contributed by atoms with Crippen LogP contribution in [0.15, 0.2) is 71.5 Å². The molecule has 2 aromatic heterocycles. The van der Waals surface area contributed by atoms with Crippen LogP contribution in [0.5, 0.6) is 0 Å². The van der Waals surface area contributed by atoms with Gasteiger partial charge in [-0.15, -0.1) is 5.10 Å². The maximum absolute atomic E-state index is 12.6. The van der Waals surface area contributed by atoms with Crippen LogP contribution in [0.25, 0.3) is 16.9 Å². The Bertz CT molecular complexity index is 1200. The second-order valence-electron chi connectivity index (χ2n) is 6.12. The van der Waals surface area contributed by atoms with Gasteiger partial charge in [-0.3, -0.25) is 9.59 Å². The van der Waals surface area contributed by atoms with E-state index in [1.165, 1.54) is 6.07 Å². The fourth-order valence-corrected chi connectivity index (χ4v) is 2.82. The molecular formula is C20H16N6O2. The van der Waals surface area contributed by atoms with Crippen molar-refractivity contribution < 1.29 is 4.79 Å². The van der Waals surface area contributed by atoms with Gasteiger partial charge < -0.3 is 10.3 Å². The van der Waals surface area contributed by atoms with Crippen LogP contribution in [-0.2, 0) is 0 Å². The molecule has 1 amide bonds. The number of nitrogens with zero attached hydrogens (tertiary/aromatic N) is 4. The summed E-state index contributed by atoms with van der Waals surface area (Å²) < 4.78 is 1.55. The minimum Gasteiger partial charge on any atom is -0.322 e. The minimum atomic E-state index is -0.494. The second kappa shape index (κ2) is 7.28. The SMILES string of the molecule is Cc1nnnn1-c1cccc(NC(=O)c2ccc(-c3ccccc3)[nH]c2=O)c1. The van der Waals surface area contributed by atoms with Crippen molar-refractivity contribution >= 4 is 11.6 Å². The first-order chi connectivity index (χ1) is 13.6. The molecule has 0 unspecified atom stereocenters. The van der Waals surface area contributed by atoms with Crippen molar-refractivity contribution in [2.45, 2.75) is 6.92 Å². The molecule has 0 bridgehead atoms. The number of tetrazole rings is 1. The Kier molecular flexibility index (Phi) is 4.51. The van der Waals surface area contributed by atoms with Gasteiger partial charge >= 0.3 is 0 Å². The lowest BCUT2D eigenvalue weighted by atomic mass is 10.1. The molecule has 0 spiro atoms. The van der Waals surface area contributed by atoms with Gasteiger partial charge in [0, 0.05) is 11.4 Å². The summed E-state index contributed by atoms with van der Waals surface area (Å²) in [6.07, 6.45) is 0. The van der Waals surface area contributed by atoms with Gasteiger partial charge in [-0.1, -0.05) is 36.4 Å². The van der Waals surface area contributed by atoms with E-state index in [9.17, 15) is 9.59 Å². The molecular weight excluding hydrogens is 356 g/mol. The number of nitrogens with one attached hydrogen (secondary N) is 2. The Labute approximate surface area is 159 Å². The van der Waals surface area contributed by atoms with E-state index < -0.39 is 11.5 Å². The van der Waals surface area contributed by atoms with Crippen molar-refractivity contribution in [1.82, 2.24) is 25.2 Å². The molecule has 28 heavy (non-hydrogen) atoms. The van der Waals surface area contributed by atoms with Gasteiger partial charge in [0.15, 0.2) is 5.82 Å². The minimum absolute atomic E-state index is 0.0312. The molecule has 4 aromatic rings. The molecule has 0 radical (unpaired) electrons. The third-order valence-electron chi connectivity index (χ3n) is 4.21. The summed E-state index contributed by atoms with van der Waals surface area (Å²) in [7, 11) is 0. The van der Waals surface area contributed by atoms with Crippen LogP contribution in [0, 0.1) is 6.92 Å². The fraction of sp³-hybridized carbons (Fsp3) is 0.0500. The number of rotatable bonds is 4. The van der Waals surface area contributed by atoms with E-state index in [1.54, 1.807) is 35.9 Å². The zero-order chi connectivity index (χ0) is 19.5. The lowest BCUT2D eigenvalue weighted by molar-refractivity contribution is 0.102. The number of aromatic amines is 1. The molecule has 0 aliphatic carbocycles. The Morgan fingerprint density at radius 1 is 1.04 bits per heavy atom. The standard InChI is InChI=1S/C20H16N6O2/c1-13-23-24-25-26(13)16-9-5-8-15(12-16)21-19(27)17-10-11-18(22-20(17)28)14-6-3-2-4-7-14/h2-12H,1H3,(H,21,27)(H,22,28). The summed E-state index contributed by atoms with van der Waals surface area (Å²) in [5.41, 5.74) is 2.34. The number of benzene rings is 2. The van der Waals surface area contributed by atoms with Crippen LogP contribution in [-0.4, -0.2) is 31.1 Å². The molecule has 8 heteroatoms. The van der Waals surface area contributed by atoms with Gasteiger partial charge in [-0.05, 0) is 53.2 Å². The highest BCUT2D eigenvalue weighted by molar-refractivity contribution is 6.04. The number of hydrogen-bond acceptors (Lipinski definition) is 5. The van der Waals surface area contributed by atoms with Crippen molar-refractivity contribution in [3.63, 3.8) is 0 Å². The first-order valence-electron chi connectivity index (χ1n) is 8.57. The largest absolute Gasteiger partial charge is 0.322 e. The summed E-state index contributed by atoms with van der Waals surface area (Å²) in [4.78, 5) is 27.7. The first kappa shape index (κ1) is 17.3. The Morgan fingerprint density at radius 2 is 1.86 bits per heavy atom. The maximum Gasteiger partial charge on any atom is 0.261 e. The predicted molar refractivity (Wildman–Crippen MR) is 104 cm³/mol. The fourth-order valence-electron chi connectivity index (χ4n) is 2.82. The summed E-state index contributed by atoms with van der Waals surface area (Å²) in [6.45, 7) is 1.78. The van der Waals surface area contributed by atoms with Crippen LogP contribution in [0.3, 0.4) is 0 Å². The van der Waals surface area contributed by atoms with Crippen LogP contribution in [0.4, 0.5) is 5.69 Å². The van der Waals surface area contributed by atoms with Crippen molar-refractivity contribution in [3.8, 4) is 16.9 Å². The molecule has 0 aliphatic rings. The third kappa shape index (κ3) is 3.43. The Morgan fingerprint density at radius 3 is 2.57 bits per heavy atom. The third-order valence-corrected chi connectivity index (χ3v) is 4.21. The number of hydrogen-bond donors (Lipinski definition) is 2. The molecule has 2 heterocycles. The highest BCUT2D eigenvalue weighted by Crippen LogP contribution is 2.17. The molecule has 0 fully saturated rings. The molecule has 8 nitrogen and oxygen atoms in total. The summed E-state index contributed by atoms with van der Waals surface area (Å²) in [6, 6.07) is 19.7. The zero-order valence-electron chi connectivity index (χ0n) is 15.0. The molecule has 2 N–H and O–H groups in total. The van der Waals surface area contributed by atoms with E-state index in [0.717, 1.165) is 5.56 Å². The summed E-state index contributed by atoms with van der Waals surface area (Å²) in [5, 5.41) is 14.1. The molecule has 0 aliphatic heterocycles. The number of amides is 1. The molecule has 0 saturated heterocycles. The molecule has 138 valence electrons. The Hall–Kier alpha value is -4.07. The van der Waals surface area contributed by atoms with Gasteiger partial charge in [0.2, 0.25) is 0 Å².